The molecule has 116 valence electrons. The molecule has 0 aliphatic carbocycles. The Hall–Kier alpha value is -2.20. The molecular formula is C11H16N4O5S. The molecule has 1 heterocycles. The van der Waals surface area contributed by atoms with E-state index in [0.29, 0.717) is 10.7 Å². The van der Waals surface area contributed by atoms with Crippen LogP contribution >= 0.6 is 11.3 Å². The standard InChI is InChI=1S/C11H16N4O5S/c1-6-9(10(17)18)21-8(15-6)4-14-11(19)13-2-3-20-5-7(12)16/h2-5H2,1H3,(H2,12,16)(H,17,18)(H2,13,14,19). The minimum Gasteiger partial charge on any atom is -0.477 e. The van der Waals surface area contributed by atoms with Crippen molar-refractivity contribution in [3.63, 3.8) is 0 Å². The van der Waals surface area contributed by atoms with Gasteiger partial charge in [-0.05, 0) is 6.92 Å². The van der Waals surface area contributed by atoms with E-state index in [4.69, 9.17) is 15.6 Å². The van der Waals surface area contributed by atoms with Crippen LogP contribution in [-0.4, -0.2) is 47.8 Å². The highest BCUT2D eigenvalue weighted by molar-refractivity contribution is 7.13. The first-order valence-corrected chi connectivity index (χ1v) is 6.79. The molecule has 1 aromatic rings. The van der Waals surface area contributed by atoms with E-state index in [-0.39, 0.29) is 31.2 Å². The van der Waals surface area contributed by atoms with Crippen molar-refractivity contribution in [3.8, 4) is 0 Å². The molecule has 1 rings (SSSR count). The molecule has 0 spiro atoms. The Kier molecular flexibility index (Phi) is 6.56. The molecule has 3 amide bonds. The molecule has 21 heavy (non-hydrogen) atoms. The maximum atomic E-state index is 11.4. The highest BCUT2D eigenvalue weighted by Gasteiger charge is 2.14. The van der Waals surface area contributed by atoms with Crippen LogP contribution in [0, 0.1) is 6.92 Å². The van der Waals surface area contributed by atoms with Gasteiger partial charge in [-0.15, -0.1) is 11.3 Å². The van der Waals surface area contributed by atoms with Gasteiger partial charge in [-0.25, -0.2) is 14.6 Å². The zero-order valence-electron chi connectivity index (χ0n) is 11.3. The number of nitrogens with zero attached hydrogens (tertiary/aromatic N) is 1. The van der Waals surface area contributed by atoms with Gasteiger partial charge in [-0.2, -0.15) is 0 Å². The van der Waals surface area contributed by atoms with Gasteiger partial charge in [0, 0.05) is 6.54 Å². The molecule has 0 saturated carbocycles. The Morgan fingerprint density at radius 1 is 1.38 bits per heavy atom. The summed E-state index contributed by atoms with van der Waals surface area (Å²) in [6.45, 7) is 1.91. The number of nitrogens with two attached hydrogens (primary N) is 1. The number of aromatic nitrogens is 1. The maximum Gasteiger partial charge on any atom is 0.347 e. The van der Waals surface area contributed by atoms with Gasteiger partial charge in [-0.1, -0.05) is 0 Å². The number of carboxylic acid groups (broad SMARTS) is 1. The van der Waals surface area contributed by atoms with Crippen LogP contribution in [0.25, 0.3) is 0 Å². The number of hydrogen-bond donors (Lipinski definition) is 4. The number of nitrogens with one attached hydrogen (secondary N) is 2. The second-order valence-electron chi connectivity index (χ2n) is 3.96. The zero-order valence-corrected chi connectivity index (χ0v) is 12.2. The number of carboxylic acids is 1. The molecule has 0 aromatic carbocycles. The molecule has 0 aliphatic heterocycles. The predicted molar refractivity (Wildman–Crippen MR) is 74.1 cm³/mol. The Balaban J connectivity index is 2.25. The predicted octanol–water partition coefficient (Wildman–Crippen LogP) is -0.549. The summed E-state index contributed by atoms with van der Waals surface area (Å²) in [7, 11) is 0. The second kappa shape index (κ2) is 8.17. The molecule has 9 nitrogen and oxygen atoms in total. The maximum absolute atomic E-state index is 11.4. The number of aryl methyl sites for hydroxylation is 1. The number of thiazole rings is 1. The van der Waals surface area contributed by atoms with Crippen molar-refractivity contribution >= 4 is 29.2 Å². The van der Waals surface area contributed by atoms with Crippen LogP contribution < -0.4 is 16.4 Å². The minimum absolute atomic E-state index is 0.132. The lowest BCUT2D eigenvalue weighted by Crippen LogP contribution is -2.37. The van der Waals surface area contributed by atoms with E-state index in [1.54, 1.807) is 6.92 Å². The van der Waals surface area contributed by atoms with E-state index in [0.717, 1.165) is 11.3 Å². The lowest BCUT2D eigenvalue weighted by molar-refractivity contribution is -0.122. The number of amides is 3. The summed E-state index contributed by atoms with van der Waals surface area (Å²) < 4.78 is 4.86. The lowest BCUT2D eigenvalue weighted by Gasteiger charge is -2.06. The first-order valence-electron chi connectivity index (χ1n) is 5.97. The van der Waals surface area contributed by atoms with Crippen LogP contribution in [0.5, 0.6) is 0 Å². The largest absolute Gasteiger partial charge is 0.477 e. The van der Waals surface area contributed by atoms with Crippen LogP contribution in [0.15, 0.2) is 0 Å². The number of aromatic carboxylic acids is 1. The Labute approximate surface area is 124 Å². The summed E-state index contributed by atoms with van der Waals surface area (Å²) in [5, 5.41) is 14.4. The molecule has 1 aromatic heterocycles. The fourth-order valence-corrected chi connectivity index (χ4v) is 2.20. The van der Waals surface area contributed by atoms with Crippen molar-refractivity contribution in [1.29, 1.82) is 0 Å². The van der Waals surface area contributed by atoms with E-state index >= 15 is 0 Å². The number of hydrogen-bond acceptors (Lipinski definition) is 6. The fourth-order valence-electron chi connectivity index (χ4n) is 1.35. The van der Waals surface area contributed by atoms with E-state index in [1.165, 1.54) is 0 Å². The van der Waals surface area contributed by atoms with Crippen molar-refractivity contribution in [1.82, 2.24) is 15.6 Å². The summed E-state index contributed by atoms with van der Waals surface area (Å²) >= 11 is 1.02. The Bertz CT molecular complexity index is 531. The highest BCUT2D eigenvalue weighted by Crippen LogP contribution is 2.17. The molecule has 0 unspecified atom stereocenters. The van der Waals surface area contributed by atoms with Crippen molar-refractivity contribution in [2.24, 2.45) is 5.73 Å². The number of ether oxygens (including phenoxy) is 1. The van der Waals surface area contributed by atoms with Crippen LogP contribution in [0.4, 0.5) is 4.79 Å². The van der Waals surface area contributed by atoms with E-state index in [1.807, 2.05) is 0 Å². The third kappa shape index (κ3) is 6.19. The van der Waals surface area contributed by atoms with Crippen LogP contribution in [0.3, 0.4) is 0 Å². The molecule has 0 atom stereocenters. The number of rotatable bonds is 8. The SMILES string of the molecule is Cc1nc(CNC(=O)NCCOCC(N)=O)sc1C(=O)O. The van der Waals surface area contributed by atoms with E-state index < -0.39 is 17.9 Å². The molecule has 5 N–H and O–H groups in total. The van der Waals surface area contributed by atoms with Crippen LogP contribution in [0.1, 0.15) is 20.4 Å². The zero-order chi connectivity index (χ0) is 15.8. The van der Waals surface area contributed by atoms with Crippen LogP contribution in [0.2, 0.25) is 0 Å². The lowest BCUT2D eigenvalue weighted by atomic mass is 10.4. The summed E-state index contributed by atoms with van der Waals surface area (Å²) in [6, 6.07) is -0.442. The molecule has 0 fully saturated rings. The molecule has 0 saturated heterocycles. The smallest absolute Gasteiger partial charge is 0.347 e. The second-order valence-corrected chi connectivity index (χ2v) is 5.04. The van der Waals surface area contributed by atoms with Gasteiger partial charge in [-0.3, -0.25) is 4.79 Å². The average molecular weight is 316 g/mol. The molecular weight excluding hydrogens is 300 g/mol. The van der Waals surface area contributed by atoms with Crippen molar-refractivity contribution < 1.29 is 24.2 Å². The fraction of sp³-hybridized carbons (Fsp3) is 0.455. The molecule has 0 bridgehead atoms. The van der Waals surface area contributed by atoms with Gasteiger partial charge < -0.3 is 26.2 Å². The number of carbonyl (C=O) groups is 3. The quantitative estimate of drug-likeness (QED) is 0.474. The van der Waals surface area contributed by atoms with Gasteiger partial charge in [0.2, 0.25) is 5.91 Å². The summed E-state index contributed by atoms with van der Waals surface area (Å²) in [4.78, 5) is 36.9. The van der Waals surface area contributed by atoms with Gasteiger partial charge in [0.25, 0.3) is 0 Å². The molecule has 0 radical (unpaired) electrons. The topological polar surface area (TPSA) is 144 Å². The number of carbonyl (C=O) groups excluding carboxylic acids is 2. The van der Waals surface area contributed by atoms with Crippen molar-refractivity contribution in [2.75, 3.05) is 19.8 Å². The number of primary amides is 1. The van der Waals surface area contributed by atoms with E-state index in [2.05, 4.69) is 15.6 Å². The minimum atomic E-state index is -1.03. The normalized spacial score (nSPS) is 10.1. The van der Waals surface area contributed by atoms with Gasteiger partial charge in [0.15, 0.2) is 0 Å². The van der Waals surface area contributed by atoms with Gasteiger partial charge in [0.05, 0.1) is 18.8 Å². The third-order valence-electron chi connectivity index (χ3n) is 2.21. The first-order chi connectivity index (χ1) is 9.90. The van der Waals surface area contributed by atoms with Gasteiger partial charge >= 0.3 is 12.0 Å². The monoisotopic (exact) mass is 316 g/mol. The summed E-state index contributed by atoms with van der Waals surface area (Å²) in [5.41, 5.74) is 5.29. The van der Waals surface area contributed by atoms with Crippen LogP contribution in [-0.2, 0) is 16.1 Å². The summed E-state index contributed by atoms with van der Waals surface area (Å²) in [5.74, 6) is -1.61. The summed E-state index contributed by atoms with van der Waals surface area (Å²) in [6.07, 6.45) is 0. The highest BCUT2D eigenvalue weighted by atomic mass is 32.1. The van der Waals surface area contributed by atoms with Gasteiger partial charge in [0.1, 0.15) is 16.5 Å². The molecule has 0 aliphatic rings. The average Bonchev–Trinajstić information content (AvgIpc) is 2.77. The Morgan fingerprint density at radius 2 is 2.10 bits per heavy atom. The van der Waals surface area contributed by atoms with Crippen molar-refractivity contribution in [3.05, 3.63) is 15.6 Å². The Morgan fingerprint density at radius 3 is 2.67 bits per heavy atom. The third-order valence-corrected chi connectivity index (χ3v) is 3.36. The van der Waals surface area contributed by atoms with Crippen molar-refractivity contribution in [2.45, 2.75) is 13.5 Å². The number of urea groups is 1. The van der Waals surface area contributed by atoms with E-state index in [9.17, 15) is 14.4 Å². The molecule has 10 heteroatoms. The first kappa shape index (κ1) is 16.9.